The number of benzene rings is 3. The molecule has 0 radical (unpaired) electrons. The summed E-state index contributed by atoms with van der Waals surface area (Å²) in [6.07, 6.45) is 0. The predicted octanol–water partition coefficient (Wildman–Crippen LogP) is -6.71. The minimum absolute atomic E-state index is 0. The number of rotatable bonds is 11. The van der Waals surface area contributed by atoms with Crippen molar-refractivity contribution >= 4 is 0 Å². The Morgan fingerprint density at radius 2 is 0.674 bits per heavy atom. The third-order valence-corrected chi connectivity index (χ3v) is 7.62. The van der Waals surface area contributed by atoms with Gasteiger partial charge in [-0.05, 0) is 47.9 Å². The molecular formula is C36H58I4N4O2. The number of halogens is 4. The molecule has 0 fully saturated rings. The van der Waals surface area contributed by atoms with Crippen LogP contribution in [0.3, 0.4) is 0 Å². The summed E-state index contributed by atoms with van der Waals surface area (Å²) in [6.45, 7) is 5.15. The molecule has 0 saturated heterocycles. The van der Waals surface area contributed by atoms with Gasteiger partial charge in [0, 0.05) is 27.7 Å². The standard InChI is InChI=1S/C36H56N4O2.4HI/c1-36(31-17-15-14-16-18-31,32-19-27(23-37(2,3)4)34(41)28(20-32)24-38(5,6)7)33-21-29(25-39(8,9)10)35(42)30(22-33)26-40(11,12)13;;;;/h14-22H,23-26H2,1-13H3;4*1H/q+2;;;;/p-2. The van der Waals surface area contributed by atoms with Crippen LogP contribution in [0.5, 0.6) is 11.5 Å². The van der Waals surface area contributed by atoms with Gasteiger partial charge in [0.05, 0.1) is 84.6 Å². The molecule has 6 nitrogen and oxygen atoms in total. The summed E-state index contributed by atoms with van der Waals surface area (Å²) in [4.78, 5) is 0. The van der Waals surface area contributed by atoms with E-state index in [9.17, 15) is 10.2 Å². The Morgan fingerprint density at radius 1 is 0.435 bits per heavy atom. The van der Waals surface area contributed by atoms with E-state index in [2.05, 4.69) is 146 Å². The number of hydrogen-bond donors (Lipinski definition) is 2. The molecule has 3 aromatic carbocycles. The maximum Gasteiger partial charge on any atom is 0.133 e. The molecule has 2 N–H and O–H groups in total. The van der Waals surface area contributed by atoms with Crippen molar-refractivity contribution in [1.29, 1.82) is 0 Å². The molecule has 0 aliphatic rings. The highest BCUT2D eigenvalue weighted by atomic mass is 127. The van der Waals surface area contributed by atoms with Gasteiger partial charge in [-0.3, -0.25) is 0 Å². The molecular weight excluding hydrogens is 1030 g/mol. The van der Waals surface area contributed by atoms with Gasteiger partial charge in [-0.25, -0.2) is 0 Å². The number of aromatic hydroxyl groups is 2. The van der Waals surface area contributed by atoms with Crippen molar-refractivity contribution in [2.75, 3.05) is 84.6 Å². The van der Waals surface area contributed by atoms with E-state index in [1.807, 2.05) is 0 Å². The molecule has 0 unspecified atom stereocenters. The van der Waals surface area contributed by atoms with Gasteiger partial charge in [0.2, 0.25) is 0 Å². The molecule has 0 aromatic heterocycles. The molecule has 0 heterocycles. The van der Waals surface area contributed by atoms with Crippen LogP contribution >= 0.6 is 0 Å². The molecule has 0 aliphatic carbocycles. The van der Waals surface area contributed by atoms with Gasteiger partial charge in [0.1, 0.15) is 37.7 Å². The molecule has 10 heteroatoms. The average molecular weight is 1090 g/mol. The van der Waals surface area contributed by atoms with Gasteiger partial charge in [0.25, 0.3) is 0 Å². The summed E-state index contributed by atoms with van der Waals surface area (Å²) in [5, 5.41) is 23.1. The lowest BCUT2D eigenvalue weighted by Gasteiger charge is -2.36. The summed E-state index contributed by atoms with van der Waals surface area (Å²) < 4.78 is 2.85. The molecule has 262 valence electrons. The smallest absolute Gasteiger partial charge is 0.133 e. The Hall–Kier alpha value is 0.0200. The van der Waals surface area contributed by atoms with Crippen molar-refractivity contribution in [1.82, 2.24) is 0 Å². The molecule has 0 spiro atoms. The largest absolute Gasteiger partial charge is 1.00 e. The van der Waals surface area contributed by atoms with Crippen LogP contribution in [0.25, 0.3) is 0 Å². The topological polar surface area (TPSA) is 40.5 Å². The van der Waals surface area contributed by atoms with Gasteiger partial charge in [0.15, 0.2) is 0 Å². The van der Waals surface area contributed by atoms with Gasteiger partial charge in [-0.1, -0.05) is 30.3 Å². The highest BCUT2D eigenvalue weighted by Crippen LogP contribution is 2.44. The van der Waals surface area contributed by atoms with E-state index in [4.69, 9.17) is 0 Å². The van der Waals surface area contributed by atoms with Crippen molar-refractivity contribution < 1.29 is 124 Å². The minimum atomic E-state index is -0.527. The molecule has 46 heavy (non-hydrogen) atoms. The van der Waals surface area contributed by atoms with E-state index in [0.29, 0.717) is 55.6 Å². The lowest BCUT2D eigenvalue weighted by molar-refractivity contribution is -0.884. The fourth-order valence-corrected chi connectivity index (χ4v) is 5.90. The third-order valence-electron chi connectivity index (χ3n) is 7.62. The second-order valence-corrected chi connectivity index (χ2v) is 16.6. The van der Waals surface area contributed by atoms with Crippen molar-refractivity contribution in [3.05, 3.63) is 93.5 Å². The fourth-order valence-electron chi connectivity index (χ4n) is 5.90. The maximum atomic E-state index is 11.6. The van der Waals surface area contributed by atoms with Crippen molar-refractivity contribution in [2.45, 2.75) is 38.5 Å². The van der Waals surface area contributed by atoms with Gasteiger partial charge in [-0.15, -0.1) is 0 Å². The predicted molar refractivity (Wildman–Crippen MR) is 175 cm³/mol. The molecule has 3 rings (SSSR count). The Kier molecular flexibility index (Phi) is 18.6. The van der Waals surface area contributed by atoms with E-state index < -0.39 is 5.41 Å². The number of phenolic OH excluding ortho intramolecular Hbond substituents is 2. The van der Waals surface area contributed by atoms with Crippen molar-refractivity contribution in [3.63, 3.8) is 0 Å². The molecule has 0 bridgehead atoms. The SMILES string of the molecule is CC(c1ccccc1)(c1cc(C[N+](C)(C)C)c(O)c(C[N+](C)(C)C)c1)c1cc(C[N+](C)(C)C)c(O)c(C[N+](C)(C)C)c1.[I-].[I-].[I-].[I-]. The summed E-state index contributed by atoms with van der Waals surface area (Å²) in [6, 6.07) is 19.6. The number of phenols is 2. The summed E-state index contributed by atoms with van der Waals surface area (Å²) in [5.74, 6) is 0.801. The first-order valence-electron chi connectivity index (χ1n) is 15.0. The fraction of sp³-hybridized carbons (Fsp3) is 0.500. The molecule has 0 atom stereocenters. The van der Waals surface area contributed by atoms with Crippen LogP contribution in [0, 0.1) is 0 Å². The first kappa shape index (κ1) is 48.1. The van der Waals surface area contributed by atoms with Gasteiger partial charge in [-0.2, -0.15) is 0 Å². The van der Waals surface area contributed by atoms with Crippen LogP contribution < -0.4 is 95.9 Å². The zero-order chi connectivity index (χ0) is 31.9. The molecule has 0 saturated carbocycles. The summed E-state index contributed by atoms with van der Waals surface area (Å²) in [7, 11) is 26.0. The maximum absolute atomic E-state index is 11.6. The molecule has 0 amide bonds. The van der Waals surface area contributed by atoms with E-state index >= 15 is 0 Å². The Labute approximate surface area is 348 Å². The highest BCUT2D eigenvalue weighted by molar-refractivity contribution is 5.57. The average Bonchev–Trinajstić information content (AvgIpc) is 2.80. The monoisotopic (exact) mass is 1090 g/mol. The first-order valence-corrected chi connectivity index (χ1v) is 15.0. The molecule has 3 aromatic rings. The second-order valence-electron chi connectivity index (χ2n) is 16.6. The second kappa shape index (κ2) is 17.8. The van der Waals surface area contributed by atoms with Crippen molar-refractivity contribution in [3.8, 4) is 11.5 Å². The van der Waals surface area contributed by atoms with Gasteiger partial charge >= 0.3 is 0 Å². The molecule has 0 aliphatic heterocycles. The lowest BCUT2D eigenvalue weighted by Crippen LogP contribution is -3.00. The van der Waals surface area contributed by atoms with E-state index in [0.717, 1.165) is 33.4 Å². The van der Waals surface area contributed by atoms with E-state index in [1.54, 1.807) is 0 Å². The lowest BCUT2D eigenvalue weighted by atomic mass is 9.69. The van der Waals surface area contributed by atoms with Crippen LogP contribution in [0.1, 0.15) is 45.9 Å². The number of hydrogen-bond acceptors (Lipinski definition) is 2. The highest BCUT2D eigenvalue weighted by Gasteiger charge is 2.36. The van der Waals surface area contributed by atoms with Crippen LogP contribution in [0.2, 0.25) is 0 Å². The number of nitrogens with zero attached hydrogens (tertiary/aromatic N) is 4. The summed E-state index contributed by atoms with van der Waals surface area (Å²) >= 11 is 0. The Balaban J connectivity index is 0. The summed E-state index contributed by atoms with van der Waals surface area (Å²) in [5.41, 5.74) is 6.80. The third kappa shape index (κ3) is 13.4. The number of quaternary nitrogens is 4. The quantitative estimate of drug-likeness (QED) is 0.114. The van der Waals surface area contributed by atoms with Crippen LogP contribution in [-0.4, -0.2) is 113 Å². The van der Waals surface area contributed by atoms with Gasteiger partial charge < -0.3 is 124 Å². The van der Waals surface area contributed by atoms with Crippen LogP contribution in [0.4, 0.5) is 0 Å². The zero-order valence-electron chi connectivity index (χ0n) is 30.2. The first-order chi connectivity index (χ1) is 19.0. The van der Waals surface area contributed by atoms with Crippen LogP contribution in [0.15, 0.2) is 54.6 Å². The van der Waals surface area contributed by atoms with Crippen molar-refractivity contribution in [2.24, 2.45) is 0 Å². The van der Waals surface area contributed by atoms with E-state index in [1.165, 1.54) is 5.56 Å². The van der Waals surface area contributed by atoms with Crippen LogP contribution in [-0.2, 0) is 31.6 Å². The zero-order valence-corrected chi connectivity index (χ0v) is 38.8. The van der Waals surface area contributed by atoms with E-state index in [-0.39, 0.29) is 95.9 Å². The Morgan fingerprint density at radius 3 is 0.891 bits per heavy atom. The Bertz CT molecular complexity index is 1250. The minimum Gasteiger partial charge on any atom is -1.00 e. The normalized spacial score (nSPS) is 12.3.